The first-order valence-corrected chi connectivity index (χ1v) is 10.8. The number of hydrogen-bond acceptors (Lipinski definition) is 8. The number of thioether (sulfide) groups is 1. The number of nitrogens with two attached hydrogens (primary N) is 2. The topological polar surface area (TPSA) is 194 Å². The van der Waals surface area contributed by atoms with E-state index in [0.29, 0.717) is 5.75 Å². The van der Waals surface area contributed by atoms with E-state index in [9.17, 15) is 24.0 Å². The minimum absolute atomic E-state index is 0.0363. The largest absolute Gasteiger partial charge is 0.480 e. The number of primary amides is 1. The molecular weight excluding hydrogens is 422 g/mol. The second-order valence-electron chi connectivity index (χ2n) is 6.27. The van der Waals surface area contributed by atoms with Crippen LogP contribution in [0.25, 0.3) is 0 Å². The average Bonchev–Trinajstić information content (AvgIpc) is 2.66. The molecule has 0 aromatic heterocycles. The highest BCUT2D eigenvalue weighted by Gasteiger charge is 2.28. The highest BCUT2D eigenvalue weighted by Crippen LogP contribution is 2.03. The number of nitrogens with one attached hydrogen (secondary N) is 3. The van der Waals surface area contributed by atoms with Gasteiger partial charge in [0.25, 0.3) is 0 Å². The first-order chi connectivity index (χ1) is 13.5. The lowest BCUT2D eigenvalue weighted by Gasteiger charge is -2.23. The molecule has 4 atom stereocenters. The number of thiol groups is 1. The van der Waals surface area contributed by atoms with Crippen molar-refractivity contribution in [3.05, 3.63) is 0 Å². The van der Waals surface area contributed by atoms with Gasteiger partial charge in [-0.05, 0) is 31.8 Å². The van der Waals surface area contributed by atoms with E-state index >= 15 is 0 Å². The second-order valence-corrected chi connectivity index (χ2v) is 7.62. The van der Waals surface area contributed by atoms with E-state index in [0.717, 1.165) is 0 Å². The maximum atomic E-state index is 12.4. The summed E-state index contributed by atoms with van der Waals surface area (Å²) in [4.78, 5) is 58.6. The fourth-order valence-corrected chi connectivity index (χ4v) is 2.79. The normalized spacial score (nSPS) is 14.8. The lowest BCUT2D eigenvalue weighted by molar-refractivity contribution is -0.141. The Balaban J connectivity index is 4.90. The number of rotatable bonds is 14. The monoisotopic (exact) mass is 451 g/mol. The van der Waals surface area contributed by atoms with Crippen LogP contribution in [0.1, 0.15) is 26.2 Å². The molecule has 13 heteroatoms. The Morgan fingerprint density at radius 2 is 1.59 bits per heavy atom. The number of amides is 4. The lowest BCUT2D eigenvalue weighted by Crippen LogP contribution is -2.56. The molecule has 0 aliphatic heterocycles. The van der Waals surface area contributed by atoms with Gasteiger partial charge in [-0.25, -0.2) is 4.79 Å². The van der Waals surface area contributed by atoms with Crippen molar-refractivity contribution in [2.75, 3.05) is 17.8 Å². The molecule has 4 unspecified atom stereocenters. The molecule has 0 fully saturated rings. The summed E-state index contributed by atoms with van der Waals surface area (Å²) in [6, 6.07) is -4.20. The highest BCUT2D eigenvalue weighted by atomic mass is 32.2. The van der Waals surface area contributed by atoms with Crippen LogP contribution in [-0.4, -0.2) is 76.6 Å². The summed E-state index contributed by atoms with van der Waals surface area (Å²) in [6.45, 7) is 1.41. The molecule has 0 aliphatic carbocycles. The molecule has 0 spiro atoms. The molecular formula is C16H29N5O6S2. The van der Waals surface area contributed by atoms with E-state index in [2.05, 4.69) is 28.6 Å². The Morgan fingerprint density at radius 1 is 1.00 bits per heavy atom. The minimum atomic E-state index is -1.24. The number of carboxylic acids is 1. The van der Waals surface area contributed by atoms with Crippen molar-refractivity contribution in [2.45, 2.75) is 50.4 Å². The molecule has 0 aliphatic rings. The van der Waals surface area contributed by atoms with E-state index in [-0.39, 0.29) is 25.0 Å². The number of aliphatic carboxylic acids is 1. The Morgan fingerprint density at radius 3 is 2.07 bits per heavy atom. The van der Waals surface area contributed by atoms with E-state index in [1.807, 2.05) is 6.26 Å². The Kier molecular flexibility index (Phi) is 13.1. The van der Waals surface area contributed by atoms with Gasteiger partial charge in [-0.2, -0.15) is 24.4 Å². The summed E-state index contributed by atoms with van der Waals surface area (Å²) in [6.07, 6.45) is 2.05. The quantitative estimate of drug-likeness (QED) is 0.145. The molecule has 166 valence electrons. The van der Waals surface area contributed by atoms with Crippen LogP contribution in [0.5, 0.6) is 0 Å². The Hall–Kier alpha value is -1.99. The zero-order valence-corrected chi connectivity index (χ0v) is 18.1. The van der Waals surface area contributed by atoms with Gasteiger partial charge in [-0.1, -0.05) is 0 Å². The minimum Gasteiger partial charge on any atom is -0.480 e. The Bertz CT molecular complexity index is 606. The van der Waals surface area contributed by atoms with Crippen LogP contribution in [-0.2, 0) is 24.0 Å². The molecule has 0 aromatic carbocycles. The van der Waals surface area contributed by atoms with Gasteiger partial charge >= 0.3 is 5.97 Å². The molecule has 0 bridgehead atoms. The molecule has 11 nitrogen and oxygen atoms in total. The van der Waals surface area contributed by atoms with Gasteiger partial charge < -0.3 is 32.5 Å². The molecule has 0 rings (SSSR count). The van der Waals surface area contributed by atoms with Gasteiger partial charge in [0.15, 0.2) is 0 Å². The summed E-state index contributed by atoms with van der Waals surface area (Å²) in [7, 11) is 0. The predicted molar refractivity (Wildman–Crippen MR) is 112 cm³/mol. The third-order valence-electron chi connectivity index (χ3n) is 3.83. The van der Waals surface area contributed by atoms with Gasteiger partial charge in [-0.3, -0.25) is 19.2 Å². The number of carbonyl (C=O) groups excluding carboxylic acids is 4. The first kappa shape index (κ1) is 27.0. The zero-order valence-electron chi connectivity index (χ0n) is 16.3. The van der Waals surface area contributed by atoms with Crippen LogP contribution in [0, 0.1) is 0 Å². The fourth-order valence-electron chi connectivity index (χ4n) is 2.07. The Labute approximate surface area is 178 Å². The van der Waals surface area contributed by atoms with Crippen molar-refractivity contribution in [2.24, 2.45) is 11.5 Å². The van der Waals surface area contributed by atoms with Crippen LogP contribution in [0.4, 0.5) is 0 Å². The maximum absolute atomic E-state index is 12.4. The van der Waals surface area contributed by atoms with Crippen LogP contribution in [0.2, 0.25) is 0 Å². The van der Waals surface area contributed by atoms with E-state index in [1.54, 1.807) is 0 Å². The van der Waals surface area contributed by atoms with E-state index < -0.39 is 53.8 Å². The van der Waals surface area contributed by atoms with Gasteiger partial charge in [0.05, 0.1) is 6.04 Å². The SMILES string of the molecule is CSCCC(NC(=O)C(C)NC(=O)C(N)CCC(N)=O)C(=O)NC(CS)C(=O)O. The summed E-state index contributed by atoms with van der Waals surface area (Å²) in [5.41, 5.74) is 10.7. The summed E-state index contributed by atoms with van der Waals surface area (Å²) in [5.74, 6) is -3.35. The van der Waals surface area contributed by atoms with Crippen molar-refractivity contribution in [1.82, 2.24) is 16.0 Å². The zero-order chi connectivity index (χ0) is 22.6. The maximum Gasteiger partial charge on any atom is 0.327 e. The highest BCUT2D eigenvalue weighted by molar-refractivity contribution is 7.98. The third-order valence-corrected chi connectivity index (χ3v) is 4.84. The van der Waals surface area contributed by atoms with Crippen molar-refractivity contribution in [1.29, 1.82) is 0 Å². The smallest absolute Gasteiger partial charge is 0.327 e. The number of carboxylic acid groups (broad SMARTS) is 1. The van der Waals surface area contributed by atoms with Crippen LogP contribution in [0.3, 0.4) is 0 Å². The summed E-state index contributed by atoms with van der Waals surface area (Å²) < 4.78 is 0. The van der Waals surface area contributed by atoms with Crippen LogP contribution < -0.4 is 27.4 Å². The van der Waals surface area contributed by atoms with Gasteiger partial charge in [0.1, 0.15) is 18.1 Å². The van der Waals surface area contributed by atoms with E-state index in [4.69, 9.17) is 16.6 Å². The fraction of sp³-hybridized carbons (Fsp3) is 0.688. The van der Waals surface area contributed by atoms with Crippen molar-refractivity contribution < 1.29 is 29.1 Å². The van der Waals surface area contributed by atoms with Crippen molar-refractivity contribution in [3.63, 3.8) is 0 Å². The molecule has 4 amide bonds. The average molecular weight is 452 g/mol. The lowest BCUT2D eigenvalue weighted by atomic mass is 10.1. The predicted octanol–water partition coefficient (Wildman–Crippen LogP) is -2.18. The van der Waals surface area contributed by atoms with Gasteiger partial charge in [0, 0.05) is 12.2 Å². The number of hydrogen-bond donors (Lipinski definition) is 7. The summed E-state index contributed by atoms with van der Waals surface area (Å²) in [5, 5.41) is 16.3. The molecule has 0 aromatic rings. The van der Waals surface area contributed by atoms with Gasteiger partial charge in [0.2, 0.25) is 23.6 Å². The third kappa shape index (κ3) is 10.9. The molecule has 8 N–H and O–H groups in total. The molecule has 0 saturated heterocycles. The molecule has 29 heavy (non-hydrogen) atoms. The second kappa shape index (κ2) is 14.1. The van der Waals surface area contributed by atoms with Crippen LogP contribution in [0.15, 0.2) is 0 Å². The standard InChI is InChI=1S/C16H29N5O6S2/c1-8(19-14(24)9(17)3-4-12(18)22)13(23)20-10(5-6-29-2)15(25)21-11(7-28)16(26)27/h8-11,28H,3-7,17H2,1-2H3,(H2,18,22)(H,19,24)(H,20,23)(H,21,25)(H,26,27). The summed E-state index contributed by atoms with van der Waals surface area (Å²) >= 11 is 5.33. The first-order valence-electron chi connectivity index (χ1n) is 8.81. The van der Waals surface area contributed by atoms with Crippen molar-refractivity contribution >= 4 is 54.0 Å². The van der Waals surface area contributed by atoms with Gasteiger partial charge in [-0.15, -0.1) is 0 Å². The molecule has 0 saturated carbocycles. The molecule has 0 radical (unpaired) electrons. The van der Waals surface area contributed by atoms with Crippen LogP contribution >= 0.6 is 24.4 Å². The molecule has 0 heterocycles. The number of carbonyl (C=O) groups is 5. The van der Waals surface area contributed by atoms with Crippen molar-refractivity contribution in [3.8, 4) is 0 Å². The van der Waals surface area contributed by atoms with E-state index in [1.165, 1.54) is 18.7 Å².